The van der Waals surface area contributed by atoms with Gasteiger partial charge in [0.05, 0.1) is 24.5 Å². The molecule has 0 aromatic carbocycles. The van der Waals surface area contributed by atoms with E-state index in [1.807, 2.05) is 31.9 Å². The maximum atomic E-state index is 13.1. The summed E-state index contributed by atoms with van der Waals surface area (Å²) in [7, 11) is -1.97. The maximum absolute atomic E-state index is 13.1. The molecule has 36 heavy (non-hydrogen) atoms. The van der Waals surface area contributed by atoms with E-state index in [1.54, 1.807) is 0 Å². The summed E-state index contributed by atoms with van der Waals surface area (Å²) in [4.78, 5) is 22.1. The molecule has 1 amide bonds. The molecule has 3 rings (SSSR count). The highest BCUT2D eigenvalue weighted by Gasteiger charge is 2.40. The van der Waals surface area contributed by atoms with Crippen LogP contribution in [0.3, 0.4) is 0 Å². The van der Waals surface area contributed by atoms with Gasteiger partial charge in [0.1, 0.15) is 11.4 Å². The van der Waals surface area contributed by atoms with Gasteiger partial charge < -0.3 is 18.6 Å². The summed E-state index contributed by atoms with van der Waals surface area (Å²) < 4.78 is 14.5. The second kappa shape index (κ2) is 10.2. The molecular weight excluding hydrogens is 468 g/mol. The Morgan fingerprint density at radius 1 is 1.06 bits per heavy atom. The molecule has 0 aliphatic carbocycles. The fraction of sp³-hybridized carbons (Fsp3) is 0.643. The van der Waals surface area contributed by atoms with E-state index in [2.05, 4.69) is 82.3 Å². The van der Waals surface area contributed by atoms with Gasteiger partial charge in [-0.05, 0) is 83.4 Å². The zero-order valence-electron chi connectivity index (χ0n) is 24.2. The van der Waals surface area contributed by atoms with Crippen LogP contribution in [0.1, 0.15) is 58.5 Å². The number of carbonyl (C=O) groups excluding carboxylic acids is 1. The van der Waals surface area contributed by atoms with Crippen molar-refractivity contribution in [2.45, 2.75) is 92.1 Å². The topological polar surface area (TPSA) is 59.8 Å². The Kier molecular flexibility index (Phi) is 8.01. The van der Waals surface area contributed by atoms with E-state index in [9.17, 15) is 4.79 Å². The highest BCUT2D eigenvalue weighted by atomic mass is 28.4. The van der Waals surface area contributed by atoms with Crippen LogP contribution in [0.25, 0.3) is 5.82 Å². The van der Waals surface area contributed by atoms with Crippen LogP contribution in [0, 0.1) is 20.8 Å². The number of aryl methyl sites for hydroxylation is 3. The highest BCUT2D eigenvalue weighted by molar-refractivity contribution is 6.74. The number of aromatic nitrogens is 2. The van der Waals surface area contributed by atoms with Crippen molar-refractivity contribution in [2.75, 3.05) is 31.1 Å². The smallest absolute Gasteiger partial charge is 0.410 e. The average molecular weight is 515 g/mol. The monoisotopic (exact) mass is 514 g/mol. The minimum atomic E-state index is -1.97. The molecule has 200 valence electrons. The van der Waals surface area contributed by atoms with Gasteiger partial charge in [0.2, 0.25) is 0 Å². The summed E-state index contributed by atoms with van der Waals surface area (Å²) >= 11 is 0. The Bertz CT molecular complexity index is 1060. The Labute approximate surface area is 218 Å². The van der Waals surface area contributed by atoms with E-state index >= 15 is 0 Å². The van der Waals surface area contributed by atoms with E-state index in [1.165, 1.54) is 17.0 Å². The molecular formula is C28H46N4O3Si. The minimum absolute atomic E-state index is 0.100. The third-order valence-corrected chi connectivity index (χ3v) is 12.0. The zero-order chi connectivity index (χ0) is 27.1. The molecule has 7 nitrogen and oxygen atoms in total. The molecule has 0 unspecified atom stereocenters. The van der Waals surface area contributed by atoms with Gasteiger partial charge in [0.25, 0.3) is 0 Å². The molecule has 1 fully saturated rings. The average Bonchev–Trinajstić information content (AvgIpc) is 3.08. The number of hydrogen-bond donors (Lipinski definition) is 0. The number of piperazine rings is 1. The van der Waals surface area contributed by atoms with E-state index < -0.39 is 13.9 Å². The number of amides is 1. The van der Waals surface area contributed by atoms with Crippen molar-refractivity contribution in [2.24, 2.45) is 0 Å². The van der Waals surface area contributed by atoms with Crippen molar-refractivity contribution in [1.29, 1.82) is 0 Å². The lowest BCUT2D eigenvalue weighted by molar-refractivity contribution is 0.00783. The second-order valence-corrected chi connectivity index (χ2v) is 17.4. The lowest BCUT2D eigenvalue weighted by Gasteiger charge is -2.44. The van der Waals surface area contributed by atoms with Gasteiger partial charge in [-0.2, -0.15) is 0 Å². The van der Waals surface area contributed by atoms with Crippen LogP contribution in [0.5, 0.6) is 0 Å². The first-order valence-electron chi connectivity index (χ1n) is 13.0. The predicted octanol–water partition coefficient (Wildman–Crippen LogP) is 6.25. The molecule has 0 spiro atoms. The van der Waals surface area contributed by atoms with Crippen LogP contribution in [-0.4, -0.2) is 66.7 Å². The summed E-state index contributed by atoms with van der Waals surface area (Å²) in [5.74, 6) is 0.932. The van der Waals surface area contributed by atoms with Crippen LogP contribution in [-0.2, 0) is 9.16 Å². The number of carbonyl (C=O) groups is 1. The molecule has 1 saturated heterocycles. The van der Waals surface area contributed by atoms with Crippen molar-refractivity contribution in [1.82, 2.24) is 14.5 Å². The normalized spacial score (nSPS) is 17.5. The Hall–Kier alpha value is -2.32. The molecule has 2 aromatic rings. The molecule has 0 radical (unpaired) electrons. The summed E-state index contributed by atoms with van der Waals surface area (Å²) in [6.07, 6.45) is 1.70. The van der Waals surface area contributed by atoms with Crippen molar-refractivity contribution in [3.63, 3.8) is 0 Å². The van der Waals surface area contributed by atoms with Gasteiger partial charge in [-0.25, -0.2) is 9.78 Å². The Morgan fingerprint density at radius 2 is 1.67 bits per heavy atom. The van der Waals surface area contributed by atoms with Crippen LogP contribution in [0.15, 0.2) is 24.4 Å². The summed E-state index contributed by atoms with van der Waals surface area (Å²) in [6, 6.07) is 6.28. The lowest BCUT2D eigenvalue weighted by Crippen LogP contribution is -2.59. The molecule has 0 N–H and O–H groups in total. The Morgan fingerprint density at radius 3 is 2.19 bits per heavy atom. The Balaban J connectivity index is 1.85. The van der Waals surface area contributed by atoms with Crippen molar-refractivity contribution in [3.8, 4) is 5.82 Å². The number of rotatable bonds is 5. The highest BCUT2D eigenvalue weighted by Crippen LogP contribution is 2.37. The van der Waals surface area contributed by atoms with Gasteiger partial charge in [-0.3, -0.25) is 4.90 Å². The summed E-state index contributed by atoms with van der Waals surface area (Å²) in [5.41, 5.74) is 4.07. The number of nitrogens with zero attached hydrogens (tertiary/aromatic N) is 4. The number of ether oxygens (including phenoxy) is 1. The third kappa shape index (κ3) is 6.32. The minimum Gasteiger partial charge on any atom is -0.444 e. The molecule has 1 aliphatic rings. The van der Waals surface area contributed by atoms with Crippen molar-refractivity contribution >= 4 is 20.1 Å². The quantitative estimate of drug-likeness (QED) is 0.442. The van der Waals surface area contributed by atoms with Gasteiger partial charge in [-0.15, -0.1) is 0 Å². The van der Waals surface area contributed by atoms with Gasteiger partial charge in [-0.1, -0.05) is 20.8 Å². The van der Waals surface area contributed by atoms with Crippen molar-refractivity contribution in [3.05, 3.63) is 41.3 Å². The van der Waals surface area contributed by atoms with Gasteiger partial charge in [0.15, 0.2) is 8.32 Å². The largest absolute Gasteiger partial charge is 0.444 e. The van der Waals surface area contributed by atoms with Gasteiger partial charge in [0, 0.05) is 31.0 Å². The SMILES string of the molecule is Cc1cc(-n2c(C)ccc2C)ncc1N1CCN(C(=O)OC(C)(C)C)[C@@H](CO[Si](C)(C)C(C)(C)C)C1. The van der Waals surface area contributed by atoms with E-state index in [-0.39, 0.29) is 17.2 Å². The number of hydrogen-bond acceptors (Lipinski definition) is 5. The van der Waals surface area contributed by atoms with Crippen LogP contribution < -0.4 is 4.90 Å². The molecule has 1 aliphatic heterocycles. The number of anilines is 1. The van der Waals surface area contributed by atoms with Crippen LogP contribution >= 0.6 is 0 Å². The molecule has 2 aromatic heterocycles. The fourth-order valence-corrected chi connectivity index (χ4v) is 5.36. The van der Waals surface area contributed by atoms with E-state index in [4.69, 9.17) is 14.1 Å². The fourth-order valence-electron chi connectivity index (χ4n) is 4.32. The zero-order valence-corrected chi connectivity index (χ0v) is 25.2. The lowest BCUT2D eigenvalue weighted by atomic mass is 10.1. The second-order valence-electron chi connectivity index (χ2n) is 12.6. The first-order valence-corrected chi connectivity index (χ1v) is 15.9. The molecule has 1 atom stereocenters. The standard InChI is InChI=1S/C28H46N4O3Si/c1-20-16-25(32-21(2)12-13-22(32)3)29-17-24(20)30-14-15-31(26(33)35-27(4,5)6)23(18-30)19-34-36(10,11)28(7,8)9/h12-13,16-17,23H,14-15,18-19H2,1-11H3/t23-/m1/s1. The first kappa shape index (κ1) is 28.3. The summed E-state index contributed by atoms with van der Waals surface area (Å²) in [5, 5.41) is 0.100. The first-order chi connectivity index (χ1) is 16.5. The van der Waals surface area contributed by atoms with Gasteiger partial charge >= 0.3 is 6.09 Å². The summed E-state index contributed by atoms with van der Waals surface area (Å²) in [6.45, 7) is 25.8. The van der Waals surface area contributed by atoms with E-state index in [0.29, 0.717) is 19.7 Å². The predicted molar refractivity (Wildman–Crippen MR) is 150 cm³/mol. The molecule has 0 bridgehead atoms. The molecule has 0 saturated carbocycles. The third-order valence-electron chi connectivity index (χ3n) is 7.46. The van der Waals surface area contributed by atoms with Crippen molar-refractivity contribution < 1.29 is 14.0 Å². The number of pyridine rings is 1. The van der Waals surface area contributed by atoms with Crippen LogP contribution in [0.4, 0.5) is 10.5 Å². The molecule has 8 heteroatoms. The maximum Gasteiger partial charge on any atom is 0.410 e. The molecule has 3 heterocycles. The van der Waals surface area contributed by atoms with E-state index in [0.717, 1.165) is 18.1 Å². The van der Waals surface area contributed by atoms with Crippen LogP contribution in [0.2, 0.25) is 18.1 Å².